The second-order valence-electron chi connectivity index (χ2n) is 7.77. The van der Waals surface area contributed by atoms with Gasteiger partial charge in [-0.2, -0.15) is 0 Å². The molecule has 0 atom stereocenters. The molecule has 0 bridgehead atoms. The van der Waals surface area contributed by atoms with Crippen molar-refractivity contribution in [1.82, 2.24) is 4.98 Å². The van der Waals surface area contributed by atoms with Crippen LogP contribution in [0.25, 0.3) is 0 Å². The number of hydrogen-bond acceptors (Lipinski definition) is 3. The molecule has 1 aliphatic heterocycles. The summed E-state index contributed by atoms with van der Waals surface area (Å²) in [4.78, 5) is 22.2. The average molecular weight is 384 g/mol. The Kier molecular flexibility index (Phi) is 5.35. The maximum Gasteiger partial charge on any atom is 0.230 e. The Hall–Kier alpha value is -2.07. The van der Waals surface area contributed by atoms with E-state index in [9.17, 15) is 4.79 Å². The second kappa shape index (κ2) is 7.89. The average Bonchev–Trinajstić information content (AvgIpc) is 3.51. The van der Waals surface area contributed by atoms with Gasteiger partial charge in [0.2, 0.25) is 5.91 Å². The zero-order chi connectivity index (χ0) is 18.8. The van der Waals surface area contributed by atoms with Crippen molar-refractivity contribution >= 4 is 29.0 Å². The van der Waals surface area contributed by atoms with Gasteiger partial charge in [-0.1, -0.05) is 17.7 Å². The first-order valence-corrected chi connectivity index (χ1v) is 10.2. The Balaban J connectivity index is 1.44. The molecule has 0 radical (unpaired) electrons. The molecule has 1 saturated carbocycles. The highest BCUT2D eigenvalue weighted by Gasteiger charge is 2.33. The number of aryl methyl sites for hydroxylation is 1. The quantitative estimate of drug-likeness (QED) is 0.750. The van der Waals surface area contributed by atoms with Crippen molar-refractivity contribution in [1.29, 1.82) is 0 Å². The van der Waals surface area contributed by atoms with Gasteiger partial charge >= 0.3 is 0 Å². The van der Waals surface area contributed by atoms with Crippen LogP contribution < -0.4 is 9.80 Å². The van der Waals surface area contributed by atoms with Crippen LogP contribution in [0.3, 0.4) is 0 Å². The number of anilines is 2. The van der Waals surface area contributed by atoms with Gasteiger partial charge in [-0.25, -0.2) is 4.98 Å². The summed E-state index contributed by atoms with van der Waals surface area (Å²) in [6, 6.07) is 11.7. The van der Waals surface area contributed by atoms with Gasteiger partial charge in [0.1, 0.15) is 5.82 Å². The predicted molar refractivity (Wildman–Crippen MR) is 110 cm³/mol. The summed E-state index contributed by atoms with van der Waals surface area (Å²) in [5.41, 5.74) is 2.16. The standard InChI is InChI=1S/C22H26ClN3O/c1-16-3-2-12-24-21(16)25-13-10-18(11-14-25)22(27)26(15-17-4-5-17)20-8-6-19(23)7-9-20/h2-3,6-9,12,17-18H,4-5,10-11,13-15H2,1H3. The molecule has 1 aromatic heterocycles. The van der Waals surface area contributed by atoms with E-state index in [1.807, 2.05) is 41.4 Å². The summed E-state index contributed by atoms with van der Waals surface area (Å²) in [7, 11) is 0. The molecule has 1 amide bonds. The van der Waals surface area contributed by atoms with Gasteiger partial charge in [-0.15, -0.1) is 0 Å². The van der Waals surface area contributed by atoms with Crippen LogP contribution in [0, 0.1) is 18.8 Å². The van der Waals surface area contributed by atoms with Gasteiger partial charge < -0.3 is 9.80 Å². The monoisotopic (exact) mass is 383 g/mol. The number of pyridine rings is 1. The van der Waals surface area contributed by atoms with Gasteiger partial charge in [0.15, 0.2) is 0 Å². The van der Waals surface area contributed by atoms with E-state index in [0.717, 1.165) is 44.0 Å². The topological polar surface area (TPSA) is 36.4 Å². The molecule has 0 unspecified atom stereocenters. The molecule has 5 heteroatoms. The molecule has 2 aliphatic rings. The minimum Gasteiger partial charge on any atom is -0.356 e. The fourth-order valence-electron chi connectivity index (χ4n) is 3.87. The van der Waals surface area contributed by atoms with Crippen LogP contribution in [0.1, 0.15) is 31.2 Å². The van der Waals surface area contributed by atoms with Crippen LogP contribution in [0.5, 0.6) is 0 Å². The Morgan fingerprint density at radius 1 is 1.15 bits per heavy atom. The van der Waals surface area contributed by atoms with Crippen LogP contribution >= 0.6 is 11.6 Å². The molecule has 1 aliphatic carbocycles. The highest BCUT2D eigenvalue weighted by molar-refractivity contribution is 6.30. The van der Waals surface area contributed by atoms with E-state index in [-0.39, 0.29) is 11.8 Å². The summed E-state index contributed by atoms with van der Waals surface area (Å²) in [5.74, 6) is 2.05. The molecule has 2 aromatic rings. The van der Waals surface area contributed by atoms with E-state index < -0.39 is 0 Å². The number of carbonyl (C=O) groups excluding carboxylic acids is 1. The largest absolute Gasteiger partial charge is 0.356 e. The summed E-state index contributed by atoms with van der Waals surface area (Å²) in [5, 5.41) is 0.705. The first-order valence-electron chi connectivity index (χ1n) is 9.85. The molecule has 4 nitrogen and oxygen atoms in total. The highest BCUT2D eigenvalue weighted by atomic mass is 35.5. The Bertz CT molecular complexity index is 795. The van der Waals surface area contributed by atoms with Gasteiger partial charge in [-0.05, 0) is 74.4 Å². The van der Waals surface area contributed by atoms with Gasteiger partial charge in [-0.3, -0.25) is 4.79 Å². The Morgan fingerprint density at radius 3 is 2.48 bits per heavy atom. The highest BCUT2D eigenvalue weighted by Crippen LogP contribution is 2.34. The first-order chi connectivity index (χ1) is 13.1. The van der Waals surface area contributed by atoms with Crippen LogP contribution in [-0.4, -0.2) is 30.5 Å². The third-order valence-corrected chi connectivity index (χ3v) is 5.92. The molecule has 0 N–H and O–H groups in total. The lowest BCUT2D eigenvalue weighted by Gasteiger charge is -2.35. The zero-order valence-corrected chi connectivity index (χ0v) is 16.5. The third-order valence-electron chi connectivity index (χ3n) is 5.67. The SMILES string of the molecule is Cc1cccnc1N1CCC(C(=O)N(CC2CC2)c2ccc(Cl)cc2)CC1. The van der Waals surface area contributed by atoms with Crippen molar-refractivity contribution < 1.29 is 4.79 Å². The second-order valence-corrected chi connectivity index (χ2v) is 8.21. The predicted octanol–water partition coefficient (Wildman–Crippen LogP) is 4.70. The maximum atomic E-state index is 13.3. The van der Waals surface area contributed by atoms with Crippen molar-refractivity contribution in [3.8, 4) is 0 Å². The maximum absolute atomic E-state index is 13.3. The number of amides is 1. The van der Waals surface area contributed by atoms with Gasteiger partial charge in [0.05, 0.1) is 0 Å². The molecular weight excluding hydrogens is 358 g/mol. The van der Waals surface area contributed by atoms with Crippen LogP contribution in [0.2, 0.25) is 5.02 Å². The number of aromatic nitrogens is 1. The Morgan fingerprint density at radius 2 is 1.85 bits per heavy atom. The lowest BCUT2D eigenvalue weighted by Crippen LogP contribution is -2.43. The normalized spacial score (nSPS) is 17.8. The van der Waals surface area contributed by atoms with Crippen molar-refractivity contribution in [2.75, 3.05) is 29.4 Å². The summed E-state index contributed by atoms with van der Waals surface area (Å²) < 4.78 is 0. The number of halogens is 1. The van der Waals surface area contributed by atoms with Gasteiger partial charge in [0, 0.05) is 42.5 Å². The van der Waals surface area contributed by atoms with Crippen molar-refractivity contribution in [2.45, 2.75) is 32.6 Å². The van der Waals surface area contributed by atoms with Crippen LogP contribution in [0.15, 0.2) is 42.6 Å². The number of hydrogen-bond donors (Lipinski definition) is 0. The van der Waals surface area contributed by atoms with E-state index in [1.54, 1.807) is 0 Å². The zero-order valence-electron chi connectivity index (χ0n) is 15.8. The number of rotatable bonds is 5. The summed E-state index contributed by atoms with van der Waals surface area (Å²) in [6.45, 7) is 4.69. The fourth-order valence-corrected chi connectivity index (χ4v) is 4.00. The molecular formula is C22H26ClN3O. The fraction of sp³-hybridized carbons (Fsp3) is 0.455. The Labute approximate surface area is 166 Å². The van der Waals surface area contributed by atoms with Crippen molar-refractivity contribution in [3.05, 3.63) is 53.2 Å². The van der Waals surface area contributed by atoms with E-state index in [2.05, 4.69) is 22.9 Å². The molecule has 4 rings (SSSR count). The lowest BCUT2D eigenvalue weighted by molar-refractivity contribution is -0.123. The smallest absolute Gasteiger partial charge is 0.230 e. The van der Waals surface area contributed by atoms with Crippen molar-refractivity contribution in [2.24, 2.45) is 11.8 Å². The summed E-state index contributed by atoms with van der Waals surface area (Å²) >= 11 is 6.03. The van der Waals surface area contributed by atoms with E-state index in [4.69, 9.17) is 11.6 Å². The van der Waals surface area contributed by atoms with E-state index >= 15 is 0 Å². The molecule has 2 fully saturated rings. The molecule has 0 spiro atoms. The number of nitrogens with zero attached hydrogens (tertiary/aromatic N) is 3. The minimum absolute atomic E-state index is 0.0831. The van der Waals surface area contributed by atoms with E-state index in [0.29, 0.717) is 10.9 Å². The lowest BCUT2D eigenvalue weighted by atomic mass is 9.94. The van der Waals surface area contributed by atoms with Gasteiger partial charge in [0.25, 0.3) is 0 Å². The van der Waals surface area contributed by atoms with Crippen molar-refractivity contribution in [3.63, 3.8) is 0 Å². The molecule has 27 heavy (non-hydrogen) atoms. The molecule has 2 heterocycles. The number of piperidine rings is 1. The summed E-state index contributed by atoms with van der Waals surface area (Å²) in [6.07, 6.45) is 6.06. The first kappa shape index (κ1) is 18.3. The van der Waals surface area contributed by atoms with Crippen LogP contribution in [0.4, 0.5) is 11.5 Å². The molecule has 142 valence electrons. The minimum atomic E-state index is 0.0831. The van der Waals surface area contributed by atoms with E-state index in [1.165, 1.54) is 18.4 Å². The number of carbonyl (C=O) groups is 1. The molecule has 1 aromatic carbocycles. The molecule has 1 saturated heterocycles. The number of benzene rings is 1. The third kappa shape index (κ3) is 4.27. The van der Waals surface area contributed by atoms with Crippen LogP contribution in [-0.2, 0) is 4.79 Å².